The number of anilines is 1. The molecule has 1 aromatic carbocycles. The highest BCUT2D eigenvalue weighted by Crippen LogP contribution is 2.29. The van der Waals surface area contributed by atoms with Crippen molar-refractivity contribution >= 4 is 5.69 Å². The first kappa shape index (κ1) is 13.0. The van der Waals surface area contributed by atoms with E-state index in [0.29, 0.717) is 6.04 Å². The molecule has 1 N–H and O–H groups in total. The zero-order valence-electron chi connectivity index (χ0n) is 11.4. The van der Waals surface area contributed by atoms with Crippen molar-refractivity contribution in [2.24, 2.45) is 5.92 Å². The van der Waals surface area contributed by atoms with Crippen LogP contribution in [0.25, 0.3) is 0 Å². The maximum Gasteiger partial charge on any atom is 0.102 e. The molecule has 0 bridgehead atoms. The van der Waals surface area contributed by atoms with E-state index in [1.165, 1.54) is 32.1 Å². The quantitative estimate of drug-likeness (QED) is 0.860. The Hall–Kier alpha value is -1.49. The predicted octanol–water partition coefficient (Wildman–Crippen LogP) is 4.25. The fraction of sp³-hybridized carbons (Fsp3) is 0.562. The molecule has 0 heterocycles. The highest BCUT2D eigenvalue weighted by atomic mass is 14.9. The van der Waals surface area contributed by atoms with Crippen molar-refractivity contribution < 1.29 is 0 Å². The lowest BCUT2D eigenvalue weighted by Crippen LogP contribution is -2.26. The Morgan fingerprint density at radius 2 is 2.00 bits per heavy atom. The van der Waals surface area contributed by atoms with Crippen LogP contribution in [0.3, 0.4) is 0 Å². The third-order valence-corrected chi connectivity index (χ3v) is 4.17. The summed E-state index contributed by atoms with van der Waals surface area (Å²) in [7, 11) is 0. The van der Waals surface area contributed by atoms with Gasteiger partial charge in [0, 0.05) is 6.04 Å². The van der Waals surface area contributed by atoms with E-state index in [-0.39, 0.29) is 0 Å². The average molecular weight is 242 g/mol. The summed E-state index contributed by atoms with van der Waals surface area (Å²) in [6, 6.07) is 8.90. The van der Waals surface area contributed by atoms with Gasteiger partial charge in [-0.25, -0.2) is 0 Å². The first-order valence-corrected chi connectivity index (χ1v) is 7.00. The summed E-state index contributed by atoms with van der Waals surface area (Å²) in [6.07, 6.45) is 6.42. The third-order valence-electron chi connectivity index (χ3n) is 4.17. The van der Waals surface area contributed by atoms with Crippen molar-refractivity contribution in [3.63, 3.8) is 0 Å². The SMILES string of the molecule is CCC1CCC(Nc2cccc(C)c2C#N)CC1. The summed E-state index contributed by atoms with van der Waals surface area (Å²) in [5.74, 6) is 0.913. The highest BCUT2D eigenvalue weighted by molar-refractivity contribution is 5.61. The minimum absolute atomic E-state index is 0.543. The van der Waals surface area contributed by atoms with Gasteiger partial charge in [0.15, 0.2) is 0 Å². The van der Waals surface area contributed by atoms with Crippen LogP contribution in [0.5, 0.6) is 0 Å². The van der Waals surface area contributed by atoms with Crippen LogP contribution < -0.4 is 5.32 Å². The molecule has 2 heteroatoms. The summed E-state index contributed by atoms with van der Waals surface area (Å²) < 4.78 is 0. The van der Waals surface area contributed by atoms with Crippen molar-refractivity contribution in [2.75, 3.05) is 5.32 Å². The van der Waals surface area contributed by atoms with Gasteiger partial charge in [-0.1, -0.05) is 25.5 Å². The Kier molecular flexibility index (Phi) is 4.25. The summed E-state index contributed by atoms with van der Waals surface area (Å²) in [5, 5.41) is 12.8. The van der Waals surface area contributed by atoms with Gasteiger partial charge in [-0.2, -0.15) is 5.26 Å². The van der Waals surface area contributed by atoms with E-state index in [4.69, 9.17) is 0 Å². The van der Waals surface area contributed by atoms with Gasteiger partial charge in [0.25, 0.3) is 0 Å². The van der Waals surface area contributed by atoms with E-state index in [1.54, 1.807) is 0 Å². The molecule has 18 heavy (non-hydrogen) atoms. The average Bonchev–Trinajstić information content (AvgIpc) is 2.40. The Bertz CT molecular complexity index is 437. The van der Waals surface area contributed by atoms with E-state index in [9.17, 15) is 5.26 Å². The number of hydrogen-bond donors (Lipinski definition) is 1. The first-order valence-electron chi connectivity index (χ1n) is 7.00. The molecular weight excluding hydrogens is 220 g/mol. The van der Waals surface area contributed by atoms with Crippen LogP contribution in [0.15, 0.2) is 18.2 Å². The summed E-state index contributed by atoms with van der Waals surface area (Å²) in [6.45, 7) is 4.28. The molecular formula is C16H22N2. The van der Waals surface area contributed by atoms with Crippen molar-refractivity contribution in [1.29, 1.82) is 5.26 Å². The molecule has 1 fully saturated rings. The molecule has 1 aliphatic rings. The van der Waals surface area contributed by atoms with Gasteiger partial charge in [-0.3, -0.25) is 0 Å². The van der Waals surface area contributed by atoms with E-state index in [0.717, 1.165) is 22.7 Å². The predicted molar refractivity (Wildman–Crippen MR) is 75.6 cm³/mol. The summed E-state index contributed by atoms with van der Waals surface area (Å²) in [4.78, 5) is 0. The van der Waals surface area contributed by atoms with Gasteiger partial charge in [0.05, 0.1) is 11.3 Å². The summed E-state index contributed by atoms with van der Waals surface area (Å²) >= 11 is 0. The first-order chi connectivity index (χ1) is 8.74. The van der Waals surface area contributed by atoms with Gasteiger partial charge in [0.1, 0.15) is 6.07 Å². The van der Waals surface area contributed by atoms with E-state index < -0.39 is 0 Å². The molecule has 0 atom stereocenters. The largest absolute Gasteiger partial charge is 0.381 e. The van der Waals surface area contributed by atoms with Crippen LogP contribution in [0.4, 0.5) is 5.69 Å². The Morgan fingerprint density at radius 3 is 2.61 bits per heavy atom. The molecule has 0 aliphatic heterocycles. The standard InChI is InChI=1S/C16H22N2/c1-3-13-7-9-14(10-8-13)18-16-6-4-5-12(2)15(16)11-17/h4-6,13-14,18H,3,7-10H2,1-2H3. The zero-order valence-corrected chi connectivity index (χ0v) is 11.4. The van der Waals surface area contributed by atoms with Crippen molar-refractivity contribution in [1.82, 2.24) is 0 Å². The van der Waals surface area contributed by atoms with Crippen LogP contribution in [-0.4, -0.2) is 6.04 Å². The lowest BCUT2D eigenvalue weighted by Gasteiger charge is -2.29. The van der Waals surface area contributed by atoms with Crippen molar-refractivity contribution in [3.8, 4) is 6.07 Å². The fourth-order valence-electron chi connectivity index (χ4n) is 2.87. The van der Waals surface area contributed by atoms with E-state index >= 15 is 0 Å². The Balaban J connectivity index is 2.03. The minimum atomic E-state index is 0.543. The van der Waals surface area contributed by atoms with Crippen molar-refractivity contribution in [2.45, 2.75) is 52.0 Å². The second-order valence-electron chi connectivity index (χ2n) is 5.38. The normalized spacial score (nSPS) is 23.4. The van der Waals surface area contributed by atoms with Crippen LogP contribution in [0.2, 0.25) is 0 Å². The molecule has 2 rings (SSSR count). The molecule has 0 unspecified atom stereocenters. The van der Waals surface area contributed by atoms with Gasteiger partial charge in [0.2, 0.25) is 0 Å². The number of nitrogens with zero attached hydrogens (tertiary/aromatic N) is 1. The Labute approximate surface area is 110 Å². The second kappa shape index (κ2) is 5.91. The molecule has 0 spiro atoms. The smallest absolute Gasteiger partial charge is 0.102 e. The van der Waals surface area contributed by atoms with E-state index in [2.05, 4.69) is 18.3 Å². The minimum Gasteiger partial charge on any atom is -0.381 e. The molecule has 0 saturated heterocycles. The van der Waals surface area contributed by atoms with Gasteiger partial charge in [-0.05, 0) is 50.2 Å². The number of hydrogen-bond acceptors (Lipinski definition) is 2. The number of nitriles is 1. The number of nitrogens with one attached hydrogen (secondary N) is 1. The molecule has 1 aliphatic carbocycles. The van der Waals surface area contributed by atoms with E-state index in [1.807, 2.05) is 25.1 Å². The Morgan fingerprint density at radius 1 is 1.28 bits per heavy atom. The van der Waals surface area contributed by atoms with Crippen LogP contribution in [-0.2, 0) is 0 Å². The van der Waals surface area contributed by atoms with Crippen LogP contribution >= 0.6 is 0 Å². The summed E-state index contributed by atoms with van der Waals surface area (Å²) in [5.41, 5.74) is 2.87. The highest BCUT2D eigenvalue weighted by Gasteiger charge is 2.20. The number of benzene rings is 1. The molecule has 1 saturated carbocycles. The van der Waals surface area contributed by atoms with Gasteiger partial charge >= 0.3 is 0 Å². The fourth-order valence-corrected chi connectivity index (χ4v) is 2.87. The number of aryl methyl sites for hydroxylation is 1. The van der Waals surface area contributed by atoms with Gasteiger partial charge < -0.3 is 5.32 Å². The number of rotatable bonds is 3. The molecule has 1 aromatic rings. The second-order valence-corrected chi connectivity index (χ2v) is 5.38. The monoisotopic (exact) mass is 242 g/mol. The topological polar surface area (TPSA) is 35.8 Å². The molecule has 96 valence electrons. The third kappa shape index (κ3) is 2.85. The van der Waals surface area contributed by atoms with Crippen molar-refractivity contribution in [3.05, 3.63) is 29.3 Å². The molecule has 0 amide bonds. The van der Waals surface area contributed by atoms with Crippen LogP contribution in [0.1, 0.15) is 50.2 Å². The lowest BCUT2D eigenvalue weighted by molar-refractivity contribution is 0.330. The molecule has 2 nitrogen and oxygen atoms in total. The van der Waals surface area contributed by atoms with Gasteiger partial charge in [-0.15, -0.1) is 0 Å². The lowest BCUT2D eigenvalue weighted by atomic mass is 9.84. The maximum atomic E-state index is 9.22. The molecule has 0 aromatic heterocycles. The maximum absolute atomic E-state index is 9.22. The zero-order chi connectivity index (χ0) is 13.0. The van der Waals surface area contributed by atoms with Crippen LogP contribution in [0, 0.1) is 24.2 Å². The molecule has 0 radical (unpaired) electrons.